The lowest BCUT2D eigenvalue weighted by atomic mass is 10.2. The molecule has 0 saturated carbocycles. The summed E-state index contributed by atoms with van der Waals surface area (Å²) >= 11 is 0. The van der Waals surface area contributed by atoms with Gasteiger partial charge in [-0.05, 0) is 24.4 Å². The third-order valence-electron chi connectivity index (χ3n) is 2.07. The topological polar surface area (TPSA) is 22.0 Å². The number of rotatable bonds is 2. The minimum atomic E-state index is 0.182. The van der Waals surface area contributed by atoms with Crippen LogP contribution in [0.5, 0.6) is 0 Å². The summed E-state index contributed by atoms with van der Waals surface area (Å²) < 4.78 is 1.97. The van der Waals surface area contributed by atoms with E-state index in [1.165, 1.54) is 5.39 Å². The maximum Gasteiger partial charge on any atom is 0.149 e. The van der Waals surface area contributed by atoms with Crippen molar-refractivity contribution in [2.45, 2.75) is 13.5 Å². The van der Waals surface area contributed by atoms with Crippen LogP contribution in [0.2, 0.25) is 0 Å². The molecule has 0 saturated heterocycles. The molecule has 0 amide bonds. The maximum atomic E-state index is 10.9. The van der Waals surface area contributed by atoms with E-state index in [-0.39, 0.29) is 5.78 Å². The van der Waals surface area contributed by atoms with Crippen molar-refractivity contribution in [1.82, 2.24) is 4.57 Å². The number of Topliss-reactive ketones (excluding diaryl/α,β-unsaturated/α-hetero) is 1. The number of hydrogen-bond donors (Lipinski definition) is 0. The van der Waals surface area contributed by atoms with Gasteiger partial charge in [0.05, 0.1) is 6.54 Å². The van der Waals surface area contributed by atoms with Gasteiger partial charge in [-0.15, -0.1) is 0 Å². The fourth-order valence-electron chi connectivity index (χ4n) is 1.52. The average molecular weight is 173 g/mol. The fourth-order valence-corrected chi connectivity index (χ4v) is 1.52. The van der Waals surface area contributed by atoms with Crippen LogP contribution in [0.1, 0.15) is 6.92 Å². The van der Waals surface area contributed by atoms with Crippen molar-refractivity contribution in [1.29, 1.82) is 0 Å². The molecule has 0 aliphatic heterocycles. The van der Waals surface area contributed by atoms with E-state index in [4.69, 9.17) is 0 Å². The number of ketones is 1. The van der Waals surface area contributed by atoms with Crippen molar-refractivity contribution in [2.24, 2.45) is 0 Å². The summed E-state index contributed by atoms with van der Waals surface area (Å²) in [7, 11) is 0. The summed E-state index contributed by atoms with van der Waals surface area (Å²) in [5.41, 5.74) is 1.12. The zero-order chi connectivity index (χ0) is 9.26. The molecule has 1 aromatic heterocycles. The number of benzene rings is 1. The molecule has 1 aromatic carbocycles. The first-order valence-electron chi connectivity index (χ1n) is 4.31. The number of nitrogens with zero attached hydrogens (tertiary/aromatic N) is 1. The van der Waals surface area contributed by atoms with Gasteiger partial charge in [-0.2, -0.15) is 0 Å². The van der Waals surface area contributed by atoms with Crippen molar-refractivity contribution in [2.75, 3.05) is 0 Å². The Morgan fingerprint density at radius 1 is 1.31 bits per heavy atom. The Morgan fingerprint density at radius 2 is 2.08 bits per heavy atom. The van der Waals surface area contributed by atoms with Crippen molar-refractivity contribution < 1.29 is 4.79 Å². The van der Waals surface area contributed by atoms with Crippen LogP contribution in [-0.4, -0.2) is 10.4 Å². The van der Waals surface area contributed by atoms with Gasteiger partial charge in [-0.3, -0.25) is 4.79 Å². The predicted molar refractivity (Wildman–Crippen MR) is 52.6 cm³/mol. The molecule has 13 heavy (non-hydrogen) atoms. The first-order chi connectivity index (χ1) is 6.27. The van der Waals surface area contributed by atoms with Crippen molar-refractivity contribution in [3.63, 3.8) is 0 Å². The third kappa shape index (κ3) is 1.47. The molecule has 66 valence electrons. The van der Waals surface area contributed by atoms with E-state index in [1.54, 1.807) is 6.92 Å². The van der Waals surface area contributed by atoms with Crippen molar-refractivity contribution >= 4 is 16.7 Å². The monoisotopic (exact) mass is 173 g/mol. The van der Waals surface area contributed by atoms with Crippen LogP contribution in [0.4, 0.5) is 0 Å². The van der Waals surface area contributed by atoms with Gasteiger partial charge in [-0.25, -0.2) is 0 Å². The van der Waals surface area contributed by atoms with E-state index in [9.17, 15) is 4.79 Å². The average Bonchev–Trinajstić information content (AvgIpc) is 2.48. The molecule has 0 unspecified atom stereocenters. The molecule has 0 radical (unpaired) electrons. The van der Waals surface area contributed by atoms with Crippen LogP contribution in [0.25, 0.3) is 10.9 Å². The summed E-state index contributed by atoms with van der Waals surface area (Å²) in [5.74, 6) is 0.182. The molecule has 0 N–H and O–H groups in total. The number of fused-ring (bicyclic) bond motifs is 1. The normalized spacial score (nSPS) is 10.5. The van der Waals surface area contributed by atoms with Crippen LogP contribution in [0.15, 0.2) is 36.5 Å². The predicted octanol–water partition coefficient (Wildman–Crippen LogP) is 2.23. The van der Waals surface area contributed by atoms with Gasteiger partial charge in [0, 0.05) is 11.7 Å². The van der Waals surface area contributed by atoms with Crippen molar-refractivity contribution in [3.8, 4) is 0 Å². The van der Waals surface area contributed by atoms with E-state index in [1.807, 2.05) is 41.1 Å². The molecule has 0 aliphatic rings. The minimum absolute atomic E-state index is 0.182. The Kier molecular flexibility index (Phi) is 1.89. The standard InChI is InChI=1S/C11H11NO/c1-9(13)8-12-7-6-10-4-2-3-5-11(10)12/h2-7H,8H2,1H3. The van der Waals surface area contributed by atoms with Crippen LogP contribution in [-0.2, 0) is 11.3 Å². The number of hydrogen-bond acceptors (Lipinski definition) is 1. The number of para-hydroxylation sites is 1. The number of carbonyl (C=O) groups excluding carboxylic acids is 1. The largest absolute Gasteiger partial charge is 0.340 e. The lowest BCUT2D eigenvalue weighted by molar-refractivity contribution is -0.117. The minimum Gasteiger partial charge on any atom is -0.340 e. The first kappa shape index (κ1) is 8.05. The van der Waals surface area contributed by atoms with Gasteiger partial charge < -0.3 is 4.57 Å². The van der Waals surface area contributed by atoms with Crippen molar-refractivity contribution in [3.05, 3.63) is 36.5 Å². The molecule has 0 bridgehead atoms. The quantitative estimate of drug-likeness (QED) is 0.682. The van der Waals surface area contributed by atoms with E-state index in [0.29, 0.717) is 6.54 Å². The highest BCUT2D eigenvalue weighted by Crippen LogP contribution is 2.14. The van der Waals surface area contributed by atoms with Crippen LogP contribution in [0, 0.1) is 0 Å². The molecule has 0 atom stereocenters. The lowest BCUT2D eigenvalue weighted by Gasteiger charge is -2.00. The van der Waals surface area contributed by atoms with E-state index < -0.39 is 0 Å². The second-order valence-corrected chi connectivity index (χ2v) is 3.20. The van der Waals surface area contributed by atoms with Crippen LogP contribution < -0.4 is 0 Å². The van der Waals surface area contributed by atoms with Gasteiger partial charge in [0.15, 0.2) is 0 Å². The molecular formula is C11H11NO. The molecule has 2 aromatic rings. The number of aromatic nitrogens is 1. The molecule has 1 heterocycles. The molecule has 2 rings (SSSR count). The Balaban J connectivity index is 2.51. The Hall–Kier alpha value is -1.57. The second kappa shape index (κ2) is 3.05. The SMILES string of the molecule is CC(=O)Cn1ccc2ccccc21. The van der Waals surface area contributed by atoms with E-state index in [2.05, 4.69) is 0 Å². The van der Waals surface area contributed by atoms with Gasteiger partial charge in [0.2, 0.25) is 0 Å². The Bertz CT molecular complexity index is 442. The third-order valence-corrected chi connectivity index (χ3v) is 2.07. The smallest absolute Gasteiger partial charge is 0.149 e. The fraction of sp³-hybridized carbons (Fsp3) is 0.182. The van der Waals surface area contributed by atoms with E-state index >= 15 is 0 Å². The zero-order valence-electron chi connectivity index (χ0n) is 7.53. The summed E-state index contributed by atoms with van der Waals surface area (Å²) in [6.07, 6.45) is 1.95. The lowest BCUT2D eigenvalue weighted by Crippen LogP contribution is -2.04. The van der Waals surface area contributed by atoms with Gasteiger partial charge >= 0.3 is 0 Å². The Morgan fingerprint density at radius 3 is 2.85 bits per heavy atom. The summed E-state index contributed by atoms with van der Waals surface area (Å²) in [6, 6.07) is 10.1. The highest BCUT2D eigenvalue weighted by molar-refractivity contribution is 5.83. The molecule has 0 spiro atoms. The molecule has 2 nitrogen and oxygen atoms in total. The molecule has 0 fully saturated rings. The summed E-state index contributed by atoms with van der Waals surface area (Å²) in [6.45, 7) is 2.07. The molecule has 2 heteroatoms. The molecular weight excluding hydrogens is 162 g/mol. The highest BCUT2D eigenvalue weighted by Gasteiger charge is 2.00. The van der Waals surface area contributed by atoms with Crippen LogP contribution >= 0.6 is 0 Å². The second-order valence-electron chi connectivity index (χ2n) is 3.20. The zero-order valence-corrected chi connectivity index (χ0v) is 7.53. The Labute approximate surface area is 76.8 Å². The van der Waals surface area contributed by atoms with Gasteiger partial charge in [0.25, 0.3) is 0 Å². The highest BCUT2D eigenvalue weighted by atomic mass is 16.1. The summed E-state index contributed by atoms with van der Waals surface area (Å²) in [5, 5.41) is 1.18. The van der Waals surface area contributed by atoms with Crippen LogP contribution in [0.3, 0.4) is 0 Å². The van der Waals surface area contributed by atoms with Gasteiger partial charge in [-0.1, -0.05) is 18.2 Å². The first-order valence-corrected chi connectivity index (χ1v) is 4.31. The molecule has 0 aliphatic carbocycles. The van der Waals surface area contributed by atoms with E-state index in [0.717, 1.165) is 5.52 Å². The summed E-state index contributed by atoms with van der Waals surface area (Å²) in [4.78, 5) is 10.9. The number of carbonyl (C=O) groups is 1. The van der Waals surface area contributed by atoms with Gasteiger partial charge in [0.1, 0.15) is 5.78 Å². The maximum absolute atomic E-state index is 10.9.